The third-order valence-electron chi connectivity index (χ3n) is 3.92. The van der Waals surface area contributed by atoms with Crippen molar-refractivity contribution in [3.8, 4) is 0 Å². The number of rotatable bonds is 11. The van der Waals surface area contributed by atoms with Gasteiger partial charge in [0.25, 0.3) is 0 Å². The zero-order chi connectivity index (χ0) is 15.5. The van der Waals surface area contributed by atoms with Gasteiger partial charge in [0.15, 0.2) is 0 Å². The van der Waals surface area contributed by atoms with E-state index in [9.17, 15) is 4.79 Å². The number of hydrogen-bond donors (Lipinski definition) is 1. The molecule has 1 amide bonds. The van der Waals surface area contributed by atoms with Crippen molar-refractivity contribution in [2.24, 2.45) is 4.99 Å². The molecule has 0 radical (unpaired) electrons. The summed E-state index contributed by atoms with van der Waals surface area (Å²) >= 11 is 0. The van der Waals surface area contributed by atoms with Gasteiger partial charge in [0, 0.05) is 6.42 Å². The number of hydrogen-bond acceptors (Lipinski definition) is 2. The highest BCUT2D eigenvalue weighted by molar-refractivity contribution is 5.97. The largest absolute Gasteiger partial charge is 0.465 e. The lowest BCUT2D eigenvalue weighted by Gasteiger charge is -2.13. The minimum absolute atomic E-state index is 0.336. The van der Waals surface area contributed by atoms with Crippen LogP contribution < -0.4 is 0 Å². The molecule has 0 bridgehead atoms. The van der Waals surface area contributed by atoms with Crippen molar-refractivity contribution in [1.29, 1.82) is 0 Å². The van der Waals surface area contributed by atoms with Crippen molar-refractivity contribution >= 4 is 11.9 Å². The fourth-order valence-corrected chi connectivity index (χ4v) is 2.69. The van der Waals surface area contributed by atoms with Gasteiger partial charge in [-0.1, -0.05) is 71.3 Å². The second kappa shape index (κ2) is 10.4. The van der Waals surface area contributed by atoms with Gasteiger partial charge in [-0.05, 0) is 6.42 Å². The van der Waals surface area contributed by atoms with Crippen molar-refractivity contribution in [3.05, 3.63) is 12.3 Å². The maximum Gasteiger partial charge on any atom is 0.413 e. The number of amides is 1. The van der Waals surface area contributed by atoms with Crippen molar-refractivity contribution in [2.75, 3.05) is 6.54 Å². The molecule has 0 fully saturated rings. The van der Waals surface area contributed by atoms with Gasteiger partial charge in [0.2, 0.25) is 0 Å². The fraction of sp³-hybridized carbons (Fsp3) is 0.765. The summed E-state index contributed by atoms with van der Waals surface area (Å²) in [5.41, 5.74) is 0.652. The zero-order valence-corrected chi connectivity index (χ0v) is 13.4. The molecule has 0 saturated carbocycles. The number of nitrogens with zero attached hydrogens (tertiary/aromatic N) is 2. The highest BCUT2D eigenvalue weighted by Crippen LogP contribution is 2.17. The predicted octanol–water partition coefficient (Wildman–Crippen LogP) is 5.20. The number of carbonyl (C=O) groups is 1. The quantitative estimate of drug-likeness (QED) is 0.532. The summed E-state index contributed by atoms with van der Waals surface area (Å²) in [6, 6.07) is 0. The Labute approximate surface area is 128 Å². The Balaban J connectivity index is 2.00. The Hall–Kier alpha value is -1.32. The molecule has 4 heteroatoms. The smallest absolute Gasteiger partial charge is 0.413 e. The number of amidine groups is 1. The highest BCUT2D eigenvalue weighted by Gasteiger charge is 2.24. The van der Waals surface area contributed by atoms with Crippen LogP contribution in [0.25, 0.3) is 0 Å². The van der Waals surface area contributed by atoms with E-state index in [2.05, 4.69) is 18.5 Å². The lowest BCUT2D eigenvalue weighted by atomic mass is 10.1. The van der Waals surface area contributed by atoms with Crippen LogP contribution in [0.5, 0.6) is 0 Å². The molecule has 1 aliphatic heterocycles. The zero-order valence-electron chi connectivity index (χ0n) is 13.4. The Morgan fingerprint density at radius 3 is 2.14 bits per heavy atom. The number of aliphatic imine (C=N–C) groups is 1. The van der Waals surface area contributed by atoms with Crippen LogP contribution in [0.4, 0.5) is 4.79 Å². The van der Waals surface area contributed by atoms with E-state index in [1.165, 1.54) is 56.3 Å². The molecule has 0 aromatic rings. The summed E-state index contributed by atoms with van der Waals surface area (Å²) < 4.78 is 0. The monoisotopic (exact) mass is 294 g/mol. The van der Waals surface area contributed by atoms with Gasteiger partial charge in [-0.3, -0.25) is 4.90 Å². The Bertz CT molecular complexity index is 364. The third kappa shape index (κ3) is 7.30. The minimum atomic E-state index is -0.917. The molecule has 0 aromatic carbocycles. The fourth-order valence-electron chi connectivity index (χ4n) is 2.69. The van der Waals surface area contributed by atoms with E-state index in [4.69, 9.17) is 5.11 Å². The van der Waals surface area contributed by atoms with E-state index in [0.29, 0.717) is 18.1 Å². The second-order valence-electron chi connectivity index (χ2n) is 5.89. The molecule has 0 unspecified atom stereocenters. The van der Waals surface area contributed by atoms with E-state index >= 15 is 0 Å². The van der Waals surface area contributed by atoms with Crippen LogP contribution in [0.3, 0.4) is 0 Å². The van der Waals surface area contributed by atoms with E-state index in [0.717, 1.165) is 19.3 Å². The number of carboxylic acid groups (broad SMARTS) is 1. The van der Waals surface area contributed by atoms with Crippen LogP contribution in [0, 0.1) is 0 Å². The Kier molecular flexibility index (Phi) is 8.79. The normalized spacial score (nSPS) is 14.6. The lowest BCUT2D eigenvalue weighted by Crippen LogP contribution is -2.32. The van der Waals surface area contributed by atoms with E-state index in [1.807, 2.05) is 0 Å². The first-order valence-corrected chi connectivity index (χ1v) is 8.41. The molecule has 120 valence electrons. The molecule has 21 heavy (non-hydrogen) atoms. The van der Waals surface area contributed by atoms with Gasteiger partial charge >= 0.3 is 6.09 Å². The van der Waals surface area contributed by atoms with Crippen LogP contribution in [0.2, 0.25) is 0 Å². The van der Waals surface area contributed by atoms with Gasteiger partial charge in [0.05, 0.1) is 12.2 Å². The van der Waals surface area contributed by atoms with Crippen molar-refractivity contribution in [1.82, 2.24) is 4.90 Å². The maximum absolute atomic E-state index is 11.0. The molecule has 0 aliphatic carbocycles. The summed E-state index contributed by atoms with van der Waals surface area (Å²) in [7, 11) is 0. The van der Waals surface area contributed by atoms with Gasteiger partial charge < -0.3 is 5.11 Å². The SMILES string of the molecule is C=C1CN(C(=O)O)C(CCCCCCCCCCCC)=N1. The average Bonchev–Trinajstić information content (AvgIpc) is 2.82. The van der Waals surface area contributed by atoms with Gasteiger partial charge in [-0.2, -0.15) is 0 Å². The first-order valence-electron chi connectivity index (χ1n) is 8.41. The van der Waals surface area contributed by atoms with Crippen molar-refractivity contribution in [3.63, 3.8) is 0 Å². The van der Waals surface area contributed by atoms with Crippen LogP contribution in [-0.2, 0) is 0 Å². The standard InChI is InChI=1S/C17H30N2O2/c1-3-4-5-6-7-8-9-10-11-12-13-16-18-15(2)14-19(16)17(20)21/h2-14H2,1H3,(H,20,21). The van der Waals surface area contributed by atoms with Crippen LogP contribution >= 0.6 is 0 Å². The summed E-state index contributed by atoms with van der Waals surface area (Å²) in [6.45, 7) is 6.33. The van der Waals surface area contributed by atoms with Gasteiger partial charge in [0.1, 0.15) is 5.84 Å². The summed E-state index contributed by atoms with van der Waals surface area (Å²) in [6.07, 6.45) is 12.7. The molecule has 1 aliphatic rings. The molecule has 0 saturated heterocycles. The molecule has 0 aromatic heterocycles. The van der Waals surface area contributed by atoms with Crippen LogP contribution in [-0.4, -0.2) is 28.5 Å². The summed E-state index contributed by atoms with van der Waals surface area (Å²) in [5, 5.41) is 9.07. The molecule has 4 nitrogen and oxygen atoms in total. The molecule has 1 rings (SSSR count). The third-order valence-corrected chi connectivity index (χ3v) is 3.92. The average molecular weight is 294 g/mol. The molecule has 1 N–H and O–H groups in total. The van der Waals surface area contributed by atoms with Crippen LogP contribution in [0.1, 0.15) is 77.6 Å². The summed E-state index contributed by atoms with van der Waals surface area (Å²) in [5.74, 6) is 0.673. The Morgan fingerprint density at radius 1 is 1.10 bits per heavy atom. The second-order valence-corrected chi connectivity index (χ2v) is 5.89. The Morgan fingerprint density at radius 2 is 1.62 bits per heavy atom. The topological polar surface area (TPSA) is 52.9 Å². The summed E-state index contributed by atoms with van der Waals surface area (Å²) in [4.78, 5) is 16.6. The molecular weight excluding hydrogens is 264 g/mol. The van der Waals surface area contributed by atoms with Crippen molar-refractivity contribution < 1.29 is 9.90 Å². The first kappa shape index (κ1) is 17.7. The lowest BCUT2D eigenvalue weighted by molar-refractivity contribution is 0.172. The number of unbranched alkanes of at least 4 members (excludes halogenated alkanes) is 9. The maximum atomic E-state index is 11.0. The van der Waals surface area contributed by atoms with Gasteiger partial charge in [-0.15, -0.1) is 0 Å². The minimum Gasteiger partial charge on any atom is -0.465 e. The van der Waals surface area contributed by atoms with Crippen molar-refractivity contribution in [2.45, 2.75) is 77.6 Å². The van der Waals surface area contributed by atoms with E-state index in [-0.39, 0.29) is 0 Å². The molecule has 1 heterocycles. The van der Waals surface area contributed by atoms with Crippen LogP contribution in [0.15, 0.2) is 17.3 Å². The van der Waals surface area contributed by atoms with E-state index < -0.39 is 6.09 Å². The van der Waals surface area contributed by atoms with E-state index in [1.54, 1.807) is 0 Å². The highest BCUT2D eigenvalue weighted by atomic mass is 16.4. The predicted molar refractivity (Wildman–Crippen MR) is 87.8 cm³/mol. The van der Waals surface area contributed by atoms with Gasteiger partial charge in [-0.25, -0.2) is 9.79 Å². The molecular formula is C17H30N2O2. The first-order chi connectivity index (χ1) is 10.1. The molecule has 0 spiro atoms. The molecule has 0 atom stereocenters.